The second-order valence-corrected chi connectivity index (χ2v) is 16.5. The molecule has 0 spiro atoms. The SMILES string of the molecule is CC(C)[C@H]1CO/C(=C2/C(P(c3ccccc3)c3ccccc3)=CC=C2[Si](C)(C)C)[N-]1. The van der Waals surface area contributed by atoms with Crippen LogP contribution in [0.5, 0.6) is 0 Å². The Balaban J connectivity index is 1.85. The van der Waals surface area contributed by atoms with Crippen LogP contribution in [0.25, 0.3) is 5.32 Å². The number of rotatable bonds is 5. The van der Waals surface area contributed by atoms with Crippen LogP contribution in [0.2, 0.25) is 19.6 Å². The molecule has 2 aromatic rings. The van der Waals surface area contributed by atoms with Gasteiger partial charge in [0.05, 0.1) is 14.7 Å². The van der Waals surface area contributed by atoms with Gasteiger partial charge in [0.25, 0.3) is 0 Å². The van der Waals surface area contributed by atoms with Crippen molar-refractivity contribution in [1.29, 1.82) is 0 Å². The molecule has 4 rings (SSSR count). The molecule has 1 heterocycles. The third-order valence-electron chi connectivity index (χ3n) is 5.67. The lowest BCUT2D eigenvalue weighted by Crippen LogP contribution is -2.26. The summed E-state index contributed by atoms with van der Waals surface area (Å²) in [6, 6.07) is 22.1. The van der Waals surface area contributed by atoms with Gasteiger partial charge in [0.1, 0.15) is 0 Å². The average Bonchev–Trinajstić information content (AvgIpc) is 3.37. The molecule has 1 fully saturated rings. The van der Waals surface area contributed by atoms with E-state index >= 15 is 0 Å². The lowest BCUT2D eigenvalue weighted by Gasteiger charge is -2.32. The fourth-order valence-electron chi connectivity index (χ4n) is 3.95. The Labute approximate surface area is 183 Å². The van der Waals surface area contributed by atoms with E-state index in [1.54, 1.807) is 0 Å². The largest absolute Gasteiger partial charge is 0.648 e. The topological polar surface area (TPSA) is 23.3 Å². The van der Waals surface area contributed by atoms with Crippen molar-refractivity contribution < 1.29 is 4.74 Å². The second kappa shape index (κ2) is 8.57. The first-order chi connectivity index (χ1) is 14.4. The first-order valence-corrected chi connectivity index (χ1v) is 15.6. The molecule has 0 saturated carbocycles. The zero-order valence-electron chi connectivity index (χ0n) is 18.6. The maximum Gasteiger partial charge on any atom is 0.0785 e. The van der Waals surface area contributed by atoms with Gasteiger partial charge in [0.15, 0.2) is 0 Å². The summed E-state index contributed by atoms with van der Waals surface area (Å²) < 4.78 is 6.25. The molecule has 2 aromatic carbocycles. The molecule has 30 heavy (non-hydrogen) atoms. The predicted octanol–water partition coefficient (Wildman–Crippen LogP) is 6.46. The smallest absolute Gasteiger partial charge is 0.0785 e. The van der Waals surface area contributed by atoms with Crippen molar-refractivity contribution in [1.82, 2.24) is 0 Å². The first-order valence-electron chi connectivity index (χ1n) is 10.8. The van der Waals surface area contributed by atoms with Gasteiger partial charge in [-0.25, -0.2) is 0 Å². The van der Waals surface area contributed by atoms with Gasteiger partial charge in [-0.2, -0.15) is 0 Å². The van der Waals surface area contributed by atoms with Gasteiger partial charge in [0.2, 0.25) is 0 Å². The summed E-state index contributed by atoms with van der Waals surface area (Å²) in [6.45, 7) is 12.4. The molecule has 1 atom stereocenters. The van der Waals surface area contributed by atoms with Crippen molar-refractivity contribution >= 4 is 26.6 Å². The van der Waals surface area contributed by atoms with Crippen LogP contribution >= 0.6 is 7.92 Å². The van der Waals surface area contributed by atoms with Crippen molar-refractivity contribution in [3.63, 3.8) is 0 Å². The molecule has 1 aliphatic carbocycles. The predicted molar refractivity (Wildman–Crippen MR) is 134 cm³/mol. The summed E-state index contributed by atoms with van der Waals surface area (Å²) in [5.41, 5.74) is 1.27. The van der Waals surface area contributed by atoms with E-state index in [0.29, 0.717) is 12.5 Å². The number of hydrogen-bond donors (Lipinski definition) is 0. The summed E-state index contributed by atoms with van der Waals surface area (Å²) in [7, 11) is -2.25. The Kier molecular flexibility index (Phi) is 6.04. The van der Waals surface area contributed by atoms with E-state index in [0.717, 1.165) is 5.88 Å². The van der Waals surface area contributed by atoms with E-state index < -0.39 is 16.0 Å². The fraction of sp³-hybridized carbons (Fsp3) is 0.308. The van der Waals surface area contributed by atoms with Crippen LogP contribution < -0.4 is 10.6 Å². The third kappa shape index (κ3) is 4.19. The second-order valence-electron chi connectivity index (χ2n) is 9.32. The summed E-state index contributed by atoms with van der Waals surface area (Å²) in [5.74, 6) is 1.35. The minimum atomic E-state index is -1.57. The maximum atomic E-state index is 6.25. The molecular weight excluding hydrogens is 401 g/mol. The van der Waals surface area contributed by atoms with E-state index in [2.05, 4.69) is 106 Å². The van der Waals surface area contributed by atoms with E-state index in [-0.39, 0.29) is 6.04 Å². The molecule has 1 aliphatic heterocycles. The third-order valence-corrected chi connectivity index (χ3v) is 10.2. The number of hydrogen-bond acceptors (Lipinski definition) is 1. The molecular formula is C26H31NOPSi-. The molecule has 4 heteroatoms. The van der Waals surface area contributed by atoms with Crippen LogP contribution in [0.3, 0.4) is 0 Å². The van der Waals surface area contributed by atoms with Crippen molar-refractivity contribution in [2.45, 2.75) is 39.5 Å². The highest BCUT2D eigenvalue weighted by molar-refractivity contribution is 7.77. The summed E-state index contributed by atoms with van der Waals surface area (Å²) in [6.07, 6.45) is 4.70. The fourth-order valence-corrected chi connectivity index (χ4v) is 8.09. The molecule has 0 radical (unpaired) electrons. The zero-order valence-corrected chi connectivity index (χ0v) is 20.5. The van der Waals surface area contributed by atoms with E-state index in [1.165, 1.54) is 26.7 Å². The molecule has 156 valence electrons. The normalized spacial score (nSPS) is 21.5. The molecule has 0 aromatic heterocycles. The van der Waals surface area contributed by atoms with Gasteiger partial charge in [-0.05, 0) is 23.8 Å². The van der Waals surface area contributed by atoms with Crippen molar-refractivity contribution in [3.8, 4) is 0 Å². The summed E-state index contributed by atoms with van der Waals surface area (Å²) >= 11 is 0. The molecule has 2 aliphatic rings. The highest BCUT2D eigenvalue weighted by Crippen LogP contribution is 2.54. The first kappa shape index (κ1) is 21.2. The van der Waals surface area contributed by atoms with Crippen LogP contribution in [-0.2, 0) is 4.74 Å². The minimum absolute atomic E-state index is 0.247. The van der Waals surface area contributed by atoms with Gasteiger partial charge in [-0.15, -0.1) is 0 Å². The molecule has 0 amide bonds. The van der Waals surface area contributed by atoms with Crippen molar-refractivity contribution in [2.24, 2.45) is 5.92 Å². The van der Waals surface area contributed by atoms with Crippen LogP contribution in [0, 0.1) is 5.92 Å². The Morgan fingerprint density at radius 1 is 0.900 bits per heavy atom. The standard InChI is InChI=1S/C26H31NOPSi/c1-19(2)22-18-28-26(27-22)25-23(16-17-24(25)30(3,4)5)29(20-12-8-6-9-13-20)21-14-10-7-11-15-21/h6-17,19,22H,18H2,1-5H3/q-1/b26-25-/t22-/m1/s1. The molecule has 2 nitrogen and oxygen atoms in total. The van der Waals surface area contributed by atoms with E-state index in [4.69, 9.17) is 10.1 Å². The molecule has 1 saturated heterocycles. The number of nitrogens with zero attached hydrogens (tertiary/aromatic N) is 1. The van der Waals surface area contributed by atoms with Gasteiger partial charge in [-0.3, -0.25) is 0 Å². The van der Waals surface area contributed by atoms with Gasteiger partial charge in [-0.1, -0.05) is 123 Å². The van der Waals surface area contributed by atoms with Crippen LogP contribution in [0.1, 0.15) is 13.8 Å². The van der Waals surface area contributed by atoms with Crippen LogP contribution in [-0.4, -0.2) is 20.7 Å². The number of ether oxygens (including phenoxy) is 1. The van der Waals surface area contributed by atoms with Crippen LogP contribution in [0.4, 0.5) is 0 Å². The zero-order chi connectivity index (χ0) is 21.3. The molecule has 0 bridgehead atoms. The van der Waals surface area contributed by atoms with E-state index in [1.807, 2.05) is 0 Å². The highest BCUT2D eigenvalue weighted by Gasteiger charge is 2.34. The van der Waals surface area contributed by atoms with Gasteiger partial charge in [0, 0.05) is 11.5 Å². The van der Waals surface area contributed by atoms with Gasteiger partial charge >= 0.3 is 0 Å². The Morgan fingerprint density at radius 3 is 1.93 bits per heavy atom. The number of allylic oxidation sites excluding steroid dienone is 5. The van der Waals surface area contributed by atoms with Crippen molar-refractivity contribution in [2.75, 3.05) is 6.61 Å². The maximum absolute atomic E-state index is 6.25. The Hall–Kier alpha value is -2.09. The lowest BCUT2D eigenvalue weighted by molar-refractivity contribution is 0.243. The van der Waals surface area contributed by atoms with Crippen LogP contribution in [0.15, 0.2) is 94.8 Å². The average molecular weight is 433 g/mol. The lowest BCUT2D eigenvalue weighted by atomic mass is 10.1. The minimum Gasteiger partial charge on any atom is -0.648 e. The quantitative estimate of drug-likeness (QED) is 0.393. The summed E-state index contributed by atoms with van der Waals surface area (Å²) in [4.78, 5) is 0. The molecule has 0 N–H and O–H groups in total. The molecule has 0 unspecified atom stereocenters. The monoisotopic (exact) mass is 432 g/mol. The van der Waals surface area contributed by atoms with Crippen molar-refractivity contribution in [3.05, 3.63) is 100 Å². The Morgan fingerprint density at radius 2 is 1.47 bits per heavy atom. The van der Waals surface area contributed by atoms with E-state index in [9.17, 15) is 0 Å². The van der Waals surface area contributed by atoms with Gasteiger partial charge < -0.3 is 10.1 Å². The number of benzene rings is 2. The summed E-state index contributed by atoms with van der Waals surface area (Å²) in [5, 5.41) is 10.6. The highest BCUT2D eigenvalue weighted by atomic mass is 31.1. The Bertz CT molecular complexity index is 947.